The molecule has 1 fully saturated rings. The normalized spacial score (nSPS) is 21.1. The highest BCUT2D eigenvalue weighted by Crippen LogP contribution is 2.23. The van der Waals surface area contributed by atoms with Crippen molar-refractivity contribution >= 4 is 5.78 Å². The molecule has 88 valence electrons. The number of nitrogens with zero attached hydrogens (tertiary/aromatic N) is 2. The minimum atomic E-state index is 0.0953. The van der Waals surface area contributed by atoms with Gasteiger partial charge in [-0.2, -0.15) is 5.10 Å². The fraction of sp³-hybridized carbons (Fsp3) is 0.667. The summed E-state index contributed by atoms with van der Waals surface area (Å²) in [6.07, 6.45) is 2.15. The predicted molar refractivity (Wildman–Crippen MR) is 60.8 cm³/mol. The molecule has 4 nitrogen and oxygen atoms in total. The van der Waals surface area contributed by atoms with Crippen LogP contribution in [0.15, 0.2) is 0 Å². The lowest BCUT2D eigenvalue weighted by Crippen LogP contribution is -2.23. The molecule has 0 N–H and O–H groups in total. The van der Waals surface area contributed by atoms with Crippen molar-refractivity contribution in [3.8, 4) is 0 Å². The number of ketones is 1. The molecule has 2 heterocycles. The van der Waals surface area contributed by atoms with E-state index in [0.717, 1.165) is 36.4 Å². The standard InChI is InChI=1S/C12H18N2O2/c1-8-12(10(3)15)9(2)14(13-8)11-5-4-6-16-7-11/h11H,4-7H2,1-3H3. The summed E-state index contributed by atoms with van der Waals surface area (Å²) in [6, 6.07) is 0.292. The van der Waals surface area contributed by atoms with Crippen molar-refractivity contribution in [3.05, 3.63) is 17.0 Å². The fourth-order valence-corrected chi connectivity index (χ4v) is 2.44. The second-order valence-electron chi connectivity index (χ2n) is 4.42. The maximum atomic E-state index is 11.5. The quantitative estimate of drug-likeness (QED) is 0.719. The highest BCUT2D eigenvalue weighted by molar-refractivity contribution is 5.96. The fourth-order valence-electron chi connectivity index (χ4n) is 2.44. The minimum absolute atomic E-state index is 0.0953. The Balaban J connectivity index is 2.34. The Hall–Kier alpha value is -1.16. The van der Waals surface area contributed by atoms with E-state index >= 15 is 0 Å². The summed E-state index contributed by atoms with van der Waals surface area (Å²) in [5, 5.41) is 4.47. The summed E-state index contributed by atoms with van der Waals surface area (Å²) < 4.78 is 7.42. The van der Waals surface area contributed by atoms with Crippen molar-refractivity contribution in [3.63, 3.8) is 0 Å². The van der Waals surface area contributed by atoms with Gasteiger partial charge < -0.3 is 4.74 Å². The lowest BCUT2D eigenvalue weighted by molar-refractivity contribution is 0.0540. The van der Waals surface area contributed by atoms with Crippen LogP contribution in [0.1, 0.15) is 47.6 Å². The third-order valence-electron chi connectivity index (χ3n) is 3.16. The largest absolute Gasteiger partial charge is 0.379 e. The van der Waals surface area contributed by atoms with Crippen LogP contribution in [0.4, 0.5) is 0 Å². The minimum Gasteiger partial charge on any atom is -0.379 e. The van der Waals surface area contributed by atoms with Gasteiger partial charge in [0.25, 0.3) is 0 Å². The molecule has 16 heavy (non-hydrogen) atoms. The molecule has 1 aliphatic heterocycles. The number of hydrogen-bond acceptors (Lipinski definition) is 3. The van der Waals surface area contributed by atoms with E-state index in [4.69, 9.17) is 4.74 Å². The van der Waals surface area contributed by atoms with E-state index in [1.165, 1.54) is 0 Å². The van der Waals surface area contributed by atoms with Crippen molar-refractivity contribution in [1.29, 1.82) is 0 Å². The van der Waals surface area contributed by atoms with Gasteiger partial charge in [0, 0.05) is 12.3 Å². The third kappa shape index (κ3) is 1.89. The molecule has 0 bridgehead atoms. The van der Waals surface area contributed by atoms with Crippen LogP contribution in [0.25, 0.3) is 0 Å². The van der Waals surface area contributed by atoms with E-state index in [0.29, 0.717) is 12.6 Å². The second kappa shape index (κ2) is 4.37. The van der Waals surface area contributed by atoms with Gasteiger partial charge in [0.2, 0.25) is 0 Å². The van der Waals surface area contributed by atoms with Crippen LogP contribution < -0.4 is 0 Å². The zero-order chi connectivity index (χ0) is 11.7. The first-order valence-corrected chi connectivity index (χ1v) is 5.75. The first-order valence-electron chi connectivity index (χ1n) is 5.75. The van der Waals surface area contributed by atoms with Gasteiger partial charge >= 0.3 is 0 Å². The topological polar surface area (TPSA) is 44.1 Å². The van der Waals surface area contributed by atoms with Gasteiger partial charge in [-0.1, -0.05) is 0 Å². The van der Waals surface area contributed by atoms with E-state index in [9.17, 15) is 4.79 Å². The van der Waals surface area contributed by atoms with Gasteiger partial charge in [-0.05, 0) is 33.6 Å². The number of ether oxygens (including phenoxy) is 1. The average molecular weight is 222 g/mol. The molecule has 1 atom stereocenters. The highest BCUT2D eigenvalue weighted by atomic mass is 16.5. The molecule has 1 unspecified atom stereocenters. The molecule has 4 heteroatoms. The molecule has 0 radical (unpaired) electrons. The van der Waals surface area contributed by atoms with Crippen LogP contribution in [0, 0.1) is 13.8 Å². The van der Waals surface area contributed by atoms with Crippen LogP contribution in [-0.2, 0) is 4.74 Å². The molecule has 1 aromatic heterocycles. The molecule has 1 aromatic rings. The molecule has 0 saturated carbocycles. The first kappa shape index (κ1) is 11.3. The van der Waals surface area contributed by atoms with Gasteiger partial charge in [-0.25, -0.2) is 0 Å². The highest BCUT2D eigenvalue weighted by Gasteiger charge is 2.22. The maximum absolute atomic E-state index is 11.5. The SMILES string of the molecule is CC(=O)c1c(C)nn(C2CCCOC2)c1C. The number of Topliss-reactive ketones (excluding diaryl/α,β-unsaturated/α-hetero) is 1. The van der Waals surface area contributed by atoms with Gasteiger partial charge in [-0.15, -0.1) is 0 Å². The van der Waals surface area contributed by atoms with Gasteiger partial charge in [0.1, 0.15) is 0 Å². The van der Waals surface area contributed by atoms with E-state index in [-0.39, 0.29) is 5.78 Å². The lowest BCUT2D eigenvalue weighted by atomic mass is 10.1. The molecule has 0 spiro atoms. The number of carbonyl (C=O) groups is 1. The molecule has 0 aliphatic carbocycles. The molecular weight excluding hydrogens is 204 g/mol. The van der Waals surface area contributed by atoms with Crippen molar-refractivity contribution in [2.24, 2.45) is 0 Å². The zero-order valence-corrected chi connectivity index (χ0v) is 10.1. The van der Waals surface area contributed by atoms with E-state index < -0.39 is 0 Å². The summed E-state index contributed by atoms with van der Waals surface area (Å²) in [6.45, 7) is 7.00. The number of aromatic nitrogens is 2. The van der Waals surface area contributed by atoms with Crippen LogP contribution in [-0.4, -0.2) is 28.8 Å². The Labute approximate surface area is 95.6 Å². The third-order valence-corrected chi connectivity index (χ3v) is 3.16. The summed E-state index contributed by atoms with van der Waals surface area (Å²) in [5.41, 5.74) is 2.57. The Kier molecular flexibility index (Phi) is 3.10. The summed E-state index contributed by atoms with van der Waals surface area (Å²) in [4.78, 5) is 11.5. The van der Waals surface area contributed by atoms with Crippen LogP contribution >= 0.6 is 0 Å². The Morgan fingerprint density at radius 3 is 2.75 bits per heavy atom. The van der Waals surface area contributed by atoms with Crippen molar-refractivity contribution in [2.45, 2.75) is 39.7 Å². The monoisotopic (exact) mass is 222 g/mol. The Morgan fingerprint density at radius 2 is 2.25 bits per heavy atom. The van der Waals surface area contributed by atoms with Gasteiger partial charge in [-0.3, -0.25) is 9.48 Å². The average Bonchev–Trinajstić information content (AvgIpc) is 2.55. The Bertz CT molecular complexity index is 403. The van der Waals surface area contributed by atoms with Crippen LogP contribution in [0.3, 0.4) is 0 Å². The van der Waals surface area contributed by atoms with E-state index in [2.05, 4.69) is 5.10 Å². The molecule has 0 aromatic carbocycles. The zero-order valence-electron chi connectivity index (χ0n) is 10.1. The second-order valence-corrected chi connectivity index (χ2v) is 4.42. The number of hydrogen-bond donors (Lipinski definition) is 0. The predicted octanol–water partition coefficient (Wildman–Crippen LogP) is 2.05. The number of carbonyl (C=O) groups excluding carboxylic acids is 1. The van der Waals surface area contributed by atoms with Crippen LogP contribution in [0.5, 0.6) is 0 Å². The van der Waals surface area contributed by atoms with Gasteiger partial charge in [0.05, 0.1) is 23.9 Å². The molecule has 0 amide bonds. The van der Waals surface area contributed by atoms with Crippen molar-refractivity contribution in [1.82, 2.24) is 9.78 Å². The number of rotatable bonds is 2. The summed E-state index contributed by atoms with van der Waals surface area (Å²) >= 11 is 0. The van der Waals surface area contributed by atoms with E-state index in [1.54, 1.807) is 6.92 Å². The van der Waals surface area contributed by atoms with Crippen molar-refractivity contribution in [2.75, 3.05) is 13.2 Å². The number of aryl methyl sites for hydroxylation is 1. The van der Waals surface area contributed by atoms with E-state index in [1.807, 2.05) is 18.5 Å². The Morgan fingerprint density at radius 1 is 1.50 bits per heavy atom. The summed E-state index contributed by atoms with van der Waals surface area (Å²) in [5.74, 6) is 0.0953. The lowest BCUT2D eigenvalue weighted by Gasteiger charge is -2.23. The molecule has 1 saturated heterocycles. The summed E-state index contributed by atoms with van der Waals surface area (Å²) in [7, 11) is 0. The van der Waals surface area contributed by atoms with Crippen molar-refractivity contribution < 1.29 is 9.53 Å². The van der Waals surface area contributed by atoms with Gasteiger partial charge in [0.15, 0.2) is 5.78 Å². The molecule has 1 aliphatic rings. The first-order chi connectivity index (χ1) is 7.61. The van der Waals surface area contributed by atoms with Crippen LogP contribution in [0.2, 0.25) is 0 Å². The molecule has 2 rings (SSSR count). The maximum Gasteiger partial charge on any atom is 0.163 e. The smallest absolute Gasteiger partial charge is 0.163 e. The molecular formula is C12H18N2O2.